The molecule has 7 heteroatoms. The Morgan fingerprint density at radius 1 is 1.43 bits per heavy atom. The van der Waals surface area contributed by atoms with E-state index < -0.39 is 0 Å². The fourth-order valence-corrected chi connectivity index (χ4v) is 3.49. The standard InChI is InChI=1S/C16H28N4O2S/c1-13-17-15(18-22-13)12-19(2)14-6-4-9-20(10-8-14)16(21)7-5-11-23-3/h14H,4-12H2,1-3H3/t14-/m1/s1. The Balaban J connectivity index is 1.79. The van der Waals surface area contributed by atoms with Crippen LogP contribution in [0.1, 0.15) is 43.8 Å². The first-order valence-electron chi connectivity index (χ1n) is 8.36. The number of likely N-dealkylation sites (tertiary alicyclic amines) is 1. The van der Waals surface area contributed by atoms with Crippen molar-refractivity contribution in [3.05, 3.63) is 11.7 Å². The number of amides is 1. The second kappa shape index (κ2) is 9.27. The van der Waals surface area contributed by atoms with E-state index in [-0.39, 0.29) is 0 Å². The lowest BCUT2D eigenvalue weighted by Crippen LogP contribution is -2.35. The first kappa shape index (κ1) is 18.3. The smallest absolute Gasteiger partial charge is 0.223 e. The van der Waals surface area contributed by atoms with Gasteiger partial charge in [0.2, 0.25) is 11.8 Å². The maximum Gasteiger partial charge on any atom is 0.223 e. The molecule has 1 saturated heterocycles. The van der Waals surface area contributed by atoms with E-state index in [4.69, 9.17) is 4.52 Å². The van der Waals surface area contributed by atoms with E-state index in [1.807, 2.05) is 11.8 Å². The molecular weight excluding hydrogens is 312 g/mol. The molecule has 130 valence electrons. The third-order valence-corrected chi connectivity index (χ3v) is 5.07. The van der Waals surface area contributed by atoms with Crippen molar-refractivity contribution >= 4 is 17.7 Å². The maximum atomic E-state index is 12.3. The van der Waals surface area contributed by atoms with Gasteiger partial charge in [-0.1, -0.05) is 5.16 Å². The lowest BCUT2D eigenvalue weighted by molar-refractivity contribution is -0.131. The third kappa shape index (κ3) is 5.80. The highest BCUT2D eigenvalue weighted by atomic mass is 32.2. The Morgan fingerprint density at radius 2 is 2.26 bits per heavy atom. The predicted molar refractivity (Wildman–Crippen MR) is 92.3 cm³/mol. The Kier molecular flexibility index (Phi) is 7.36. The van der Waals surface area contributed by atoms with Gasteiger partial charge in [0, 0.05) is 32.5 Å². The van der Waals surface area contributed by atoms with Crippen LogP contribution in [-0.4, -0.2) is 64.0 Å². The van der Waals surface area contributed by atoms with E-state index >= 15 is 0 Å². The fourth-order valence-electron chi connectivity index (χ4n) is 3.05. The molecule has 2 rings (SSSR count). The monoisotopic (exact) mass is 340 g/mol. The molecule has 6 nitrogen and oxygen atoms in total. The average molecular weight is 340 g/mol. The Bertz CT molecular complexity index is 494. The maximum absolute atomic E-state index is 12.3. The molecule has 0 radical (unpaired) electrons. The second-order valence-corrected chi connectivity index (χ2v) is 7.19. The lowest BCUT2D eigenvalue weighted by Gasteiger charge is -2.26. The first-order valence-corrected chi connectivity index (χ1v) is 9.75. The van der Waals surface area contributed by atoms with Crippen molar-refractivity contribution in [1.29, 1.82) is 0 Å². The summed E-state index contributed by atoms with van der Waals surface area (Å²) < 4.78 is 5.03. The molecule has 1 amide bonds. The molecule has 23 heavy (non-hydrogen) atoms. The summed E-state index contributed by atoms with van der Waals surface area (Å²) in [5.74, 6) is 2.72. The van der Waals surface area contributed by atoms with E-state index in [1.165, 1.54) is 0 Å². The summed E-state index contributed by atoms with van der Waals surface area (Å²) in [5, 5.41) is 3.96. The zero-order chi connectivity index (χ0) is 16.7. The van der Waals surface area contributed by atoms with Crippen molar-refractivity contribution in [2.75, 3.05) is 32.1 Å². The fraction of sp³-hybridized carbons (Fsp3) is 0.812. The first-order chi connectivity index (χ1) is 11.1. The Hall–Kier alpha value is -1.08. The molecule has 1 atom stereocenters. The Labute approximate surface area is 143 Å². The highest BCUT2D eigenvalue weighted by Crippen LogP contribution is 2.18. The molecule has 1 aromatic rings. The number of aryl methyl sites for hydroxylation is 1. The van der Waals surface area contributed by atoms with Crippen molar-refractivity contribution in [3.63, 3.8) is 0 Å². The highest BCUT2D eigenvalue weighted by molar-refractivity contribution is 7.98. The van der Waals surface area contributed by atoms with E-state index in [0.717, 1.165) is 50.4 Å². The summed E-state index contributed by atoms with van der Waals surface area (Å²) in [6.45, 7) is 4.26. The van der Waals surface area contributed by atoms with E-state index in [2.05, 4.69) is 28.3 Å². The SMILES string of the molecule is CSCCCC(=O)N1CCC[C@@H](N(C)Cc2noc(C)n2)CC1. The number of nitrogens with zero attached hydrogens (tertiary/aromatic N) is 4. The van der Waals surface area contributed by atoms with Crippen LogP contribution in [0.2, 0.25) is 0 Å². The van der Waals surface area contributed by atoms with Gasteiger partial charge in [-0.25, -0.2) is 0 Å². The number of thioether (sulfide) groups is 1. The van der Waals surface area contributed by atoms with E-state index in [0.29, 0.717) is 30.8 Å². The van der Waals surface area contributed by atoms with Crippen molar-refractivity contribution in [2.45, 2.75) is 51.6 Å². The summed E-state index contributed by atoms with van der Waals surface area (Å²) in [6, 6.07) is 0.470. The third-order valence-electron chi connectivity index (χ3n) is 4.37. The molecule has 0 bridgehead atoms. The van der Waals surface area contributed by atoms with Crippen LogP contribution in [0.3, 0.4) is 0 Å². The number of rotatable bonds is 7. The highest BCUT2D eigenvalue weighted by Gasteiger charge is 2.23. The molecule has 0 unspecified atom stereocenters. The number of hydrogen-bond donors (Lipinski definition) is 0. The minimum Gasteiger partial charge on any atom is -0.343 e. The van der Waals surface area contributed by atoms with Gasteiger partial charge in [-0.15, -0.1) is 0 Å². The minimum atomic E-state index is 0.316. The predicted octanol–water partition coefficient (Wildman–Crippen LogP) is 2.33. The number of carbonyl (C=O) groups excluding carboxylic acids is 1. The largest absolute Gasteiger partial charge is 0.343 e. The molecule has 0 saturated carbocycles. The molecule has 1 aliphatic heterocycles. The number of aromatic nitrogens is 2. The van der Waals surface area contributed by atoms with Crippen molar-refractivity contribution in [1.82, 2.24) is 19.9 Å². The summed E-state index contributed by atoms with van der Waals surface area (Å²) in [5.41, 5.74) is 0. The zero-order valence-electron chi connectivity index (χ0n) is 14.5. The zero-order valence-corrected chi connectivity index (χ0v) is 15.3. The number of carbonyl (C=O) groups is 1. The van der Waals surface area contributed by atoms with Crippen LogP contribution >= 0.6 is 11.8 Å². The summed E-state index contributed by atoms with van der Waals surface area (Å²) in [7, 11) is 2.10. The van der Waals surface area contributed by atoms with Gasteiger partial charge < -0.3 is 9.42 Å². The van der Waals surface area contributed by atoms with Gasteiger partial charge in [0.05, 0.1) is 6.54 Å². The molecular formula is C16H28N4O2S. The van der Waals surface area contributed by atoms with Gasteiger partial charge in [0.25, 0.3) is 0 Å². The van der Waals surface area contributed by atoms with Crippen LogP contribution in [0.15, 0.2) is 4.52 Å². The van der Waals surface area contributed by atoms with Crippen molar-refractivity contribution in [3.8, 4) is 0 Å². The van der Waals surface area contributed by atoms with Crippen molar-refractivity contribution in [2.24, 2.45) is 0 Å². The number of hydrogen-bond acceptors (Lipinski definition) is 6. The summed E-state index contributed by atoms with van der Waals surface area (Å²) in [6.07, 6.45) is 6.95. The van der Waals surface area contributed by atoms with Crippen LogP contribution < -0.4 is 0 Å². The van der Waals surface area contributed by atoms with E-state index in [9.17, 15) is 4.79 Å². The van der Waals surface area contributed by atoms with Crippen molar-refractivity contribution < 1.29 is 9.32 Å². The van der Waals surface area contributed by atoms with Crippen LogP contribution in [0.5, 0.6) is 0 Å². The molecule has 0 aromatic carbocycles. The quantitative estimate of drug-likeness (QED) is 0.710. The van der Waals surface area contributed by atoms with Gasteiger partial charge in [-0.2, -0.15) is 16.7 Å². The van der Waals surface area contributed by atoms with Gasteiger partial charge in [-0.3, -0.25) is 9.69 Å². The molecule has 1 aromatic heterocycles. The topological polar surface area (TPSA) is 62.5 Å². The molecule has 0 N–H and O–H groups in total. The second-order valence-electron chi connectivity index (χ2n) is 6.21. The molecule has 0 aliphatic carbocycles. The van der Waals surface area contributed by atoms with Crippen LogP contribution in [0.25, 0.3) is 0 Å². The van der Waals surface area contributed by atoms with Gasteiger partial charge in [0.15, 0.2) is 5.82 Å². The van der Waals surface area contributed by atoms with Crippen LogP contribution in [0.4, 0.5) is 0 Å². The molecule has 1 fully saturated rings. The van der Waals surface area contributed by atoms with Gasteiger partial charge in [0.1, 0.15) is 0 Å². The van der Waals surface area contributed by atoms with Crippen LogP contribution in [0, 0.1) is 6.92 Å². The lowest BCUT2D eigenvalue weighted by atomic mass is 10.1. The summed E-state index contributed by atoms with van der Waals surface area (Å²) in [4.78, 5) is 20.9. The molecule has 2 heterocycles. The van der Waals surface area contributed by atoms with Crippen LogP contribution in [-0.2, 0) is 11.3 Å². The summed E-state index contributed by atoms with van der Waals surface area (Å²) >= 11 is 1.80. The van der Waals surface area contributed by atoms with Gasteiger partial charge in [-0.05, 0) is 44.7 Å². The Morgan fingerprint density at radius 3 is 2.96 bits per heavy atom. The normalized spacial score (nSPS) is 19.1. The minimum absolute atomic E-state index is 0.316. The van der Waals surface area contributed by atoms with E-state index in [1.54, 1.807) is 11.8 Å². The average Bonchev–Trinajstić information content (AvgIpc) is 2.79. The van der Waals surface area contributed by atoms with Gasteiger partial charge >= 0.3 is 0 Å². The molecule has 0 spiro atoms. The molecule has 1 aliphatic rings.